The summed E-state index contributed by atoms with van der Waals surface area (Å²) in [5, 5.41) is 19.5. The fourth-order valence-corrected chi connectivity index (χ4v) is 2.85. The maximum Gasteiger partial charge on any atom is 0.309 e. The largest absolute Gasteiger partial charge is 0.460 e. The first-order valence-electron chi connectivity index (χ1n) is 8.08. The average molecular weight is 341 g/mol. The number of nitrogens with two attached hydrogens (primary N) is 1. The van der Waals surface area contributed by atoms with E-state index >= 15 is 0 Å². The third kappa shape index (κ3) is 4.90. The first-order valence-corrected chi connectivity index (χ1v) is 8.08. The Bertz CT molecular complexity index is 593. The predicted octanol–water partition coefficient (Wildman–Crippen LogP) is 1.47. The van der Waals surface area contributed by atoms with Crippen LogP contribution in [0.3, 0.4) is 0 Å². The number of carbonyl (C=O) groups excluding carboxylic acids is 1. The normalized spacial score (nSPS) is 17.7. The Morgan fingerprint density at radius 3 is 2.50 bits per heavy atom. The number of hydrogen-bond acceptors (Lipinski definition) is 5. The lowest BCUT2D eigenvalue weighted by molar-refractivity contribution is -0.825. The number of anilines is 1. The number of carbonyl (C=O) groups is 1. The second-order valence-corrected chi connectivity index (χ2v) is 7.31. The standard InChI is InChI=1S/C17H25FN2O4/c1-16(2,3)24-15(21)11-17(22)6-8-20(9-7-17)14-5-4-12(19-23)10-13(14)18/h4-5,10,19,22-23H,6-9,11H2,1-3H3/p+1. The number of halogens is 1. The van der Waals surface area contributed by atoms with E-state index in [0.717, 1.165) is 5.48 Å². The highest BCUT2D eigenvalue weighted by Gasteiger charge is 2.36. The van der Waals surface area contributed by atoms with Crippen LogP contribution >= 0.6 is 0 Å². The van der Waals surface area contributed by atoms with Crippen molar-refractivity contribution in [2.75, 3.05) is 18.0 Å². The lowest BCUT2D eigenvalue weighted by Gasteiger charge is -2.39. The van der Waals surface area contributed by atoms with Crippen molar-refractivity contribution >= 4 is 17.3 Å². The van der Waals surface area contributed by atoms with E-state index in [1.807, 2.05) is 4.90 Å². The molecule has 4 N–H and O–H groups in total. The van der Waals surface area contributed by atoms with Crippen LogP contribution < -0.4 is 10.4 Å². The van der Waals surface area contributed by atoms with E-state index in [4.69, 9.17) is 9.94 Å². The highest BCUT2D eigenvalue weighted by atomic mass is 19.1. The molecule has 0 bridgehead atoms. The number of nitrogens with zero attached hydrogens (tertiary/aromatic N) is 1. The number of hydrogen-bond donors (Lipinski definition) is 3. The topological polar surface area (TPSA) is 86.6 Å². The van der Waals surface area contributed by atoms with Gasteiger partial charge in [0.15, 0.2) is 11.5 Å². The summed E-state index contributed by atoms with van der Waals surface area (Å²) in [6, 6.07) is 4.49. The Balaban J connectivity index is 1.96. The second kappa shape index (κ2) is 7.04. The van der Waals surface area contributed by atoms with Crippen molar-refractivity contribution in [3.63, 3.8) is 0 Å². The maximum atomic E-state index is 14.1. The van der Waals surface area contributed by atoms with Crippen molar-refractivity contribution in [1.29, 1.82) is 0 Å². The van der Waals surface area contributed by atoms with Crippen molar-refractivity contribution in [3.05, 3.63) is 24.0 Å². The summed E-state index contributed by atoms with van der Waals surface area (Å²) >= 11 is 0. The highest BCUT2D eigenvalue weighted by molar-refractivity contribution is 5.71. The Kier molecular flexibility index (Phi) is 5.47. The third-order valence-corrected chi connectivity index (χ3v) is 4.05. The number of rotatable bonds is 4. The first-order chi connectivity index (χ1) is 11.1. The minimum absolute atomic E-state index is 0.0565. The van der Waals surface area contributed by atoms with Gasteiger partial charge in [-0.05, 0) is 39.7 Å². The van der Waals surface area contributed by atoms with Crippen LogP contribution in [0.15, 0.2) is 18.2 Å². The SMILES string of the molecule is CC(C)(C)OC(=O)CC1(O)CCN(c2ccc([NH2+]O)cc2F)CC1. The summed E-state index contributed by atoms with van der Waals surface area (Å²) in [5.74, 6) is -0.845. The molecule has 7 heteroatoms. The van der Waals surface area contributed by atoms with Gasteiger partial charge in [-0.1, -0.05) is 0 Å². The number of ether oxygens (including phenoxy) is 1. The molecule has 0 amide bonds. The summed E-state index contributed by atoms with van der Waals surface area (Å²) in [6.45, 7) is 6.24. The van der Waals surface area contributed by atoms with E-state index in [-0.39, 0.29) is 6.42 Å². The van der Waals surface area contributed by atoms with Gasteiger partial charge in [-0.25, -0.2) is 9.60 Å². The van der Waals surface area contributed by atoms with Crippen molar-refractivity contribution < 1.29 is 29.7 Å². The molecule has 1 fully saturated rings. The Labute approximate surface area is 141 Å². The molecule has 134 valence electrons. The van der Waals surface area contributed by atoms with Gasteiger partial charge in [0, 0.05) is 25.2 Å². The molecular weight excluding hydrogens is 315 g/mol. The zero-order valence-electron chi connectivity index (χ0n) is 14.4. The molecule has 0 aromatic heterocycles. The smallest absolute Gasteiger partial charge is 0.309 e. The van der Waals surface area contributed by atoms with E-state index in [9.17, 15) is 14.3 Å². The van der Waals surface area contributed by atoms with Crippen LogP contribution in [-0.4, -0.2) is 40.6 Å². The third-order valence-electron chi connectivity index (χ3n) is 4.05. The van der Waals surface area contributed by atoms with Crippen molar-refractivity contribution in [1.82, 2.24) is 0 Å². The molecule has 0 aliphatic carbocycles. The van der Waals surface area contributed by atoms with E-state index in [0.29, 0.717) is 37.3 Å². The van der Waals surface area contributed by atoms with Gasteiger partial charge in [0.1, 0.15) is 5.60 Å². The lowest BCUT2D eigenvalue weighted by Crippen LogP contribution is -2.73. The van der Waals surface area contributed by atoms with Gasteiger partial charge < -0.3 is 14.7 Å². The molecule has 1 aromatic carbocycles. The van der Waals surface area contributed by atoms with Crippen LogP contribution in [0.2, 0.25) is 0 Å². The highest BCUT2D eigenvalue weighted by Crippen LogP contribution is 2.31. The van der Waals surface area contributed by atoms with Gasteiger partial charge >= 0.3 is 5.97 Å². The Hall–Kier alpha value is -1.70. The van der Waals surface area contributed by atoms with Crippen molar-refractivity contribution in [3.8, 4) is 0 Å². The maximum absolute atomic E-state index is 14.1. The predicted molar refractivity (Wildman–Crippen MR) is 86.6 cm³/mol. The van der Waals surface area contributed by atoms with Gasteiger partial charge in [-0.15, -0.1) is 0 Å². The minimum Gasteiger partial charge on any atom is -0.460 e. The lowest BCUT2D eigenvalue weighted by atomic mass is 9.88. The molecule has 6 nitrogen and oxygen atoms in total. The summed E-state index contributed by atoms with van der Waals surface area (Å²) in [4.78, 5) is 13.8. The molecule has 0 radical (unpaired) electrons. The molecule has 1 heterocycles. The van der Waals surface area contributed by atoms with Gasteiger partial charge in [-0.2, -0.15) is 5.48 Å². The van der Waals surface area contributed by atoms with E-state index in [1.54, 1.807) is 32.9 Å². The number of quaternary nitrogens is 1. The monoisotopic (exact) mass is 341 g/mol. The number of piperidine rings is 1. The fraction of sp³-hybridized carbons (Fsp3) is 0.588. The van der Waals surface area contributed by atoms with Crippen LogP contribution in [0, 0.1) is 5.82 Å². The van der Waals surface area contributed by atoms with Gasteiger partial charge in [0.2, 0.25) is 0 Å². The van der Waals surface area contributed by atoms with E-state index in [2.05, 4.69) is 0 Å². The fourth-order valence-electron chi connectivity index (χ4n) is 2.85. The molecular formula is C17H26FN2O4+. The van der Waals surface area contributed by atoms with Crippen molar-refractivity contribution in [2.24, 2.45) is 0 Å². The van der Waals surface area contributed by atoms with E-state index < -0.39 is 23.0 Å². The van der Waals surface area contributed by atoms with Gasteiger partial charge in [-0.3, -0.25) is 4.79 Å². The molecule has 0 spiro atoms. The summed E-state index contributed by atoms with van der Waals surface area (Å²) in [7, 11) is 0. The van der Waals surface area contributed by atoms with E-state index in [1.165, 1.54) is 6.07 Å². The zero-order valence-corrected chi connectivity index (χ0v) is 14.4. The number of benzene rings is 1. The minimum atomic E-state index is -1.12. The van der Waals surface area contributed by atoms with Gasteiger partial charge in [0.05, 0.1) is 17.7 Å². The van der Waals surface area contributed by atoms with Crippen LogP contribution in [-0.2, 0) is 9.53 Å². The molecule has 1 aliphatic rings. The summed E-state index contributed by atoms with van der Waals surface area (Å²) < 4.78 is 19.4. The quantitative estimate of drug-likeness (QED) is 0.439. The molecule has 0 unspecified atom stereocenters. The second-order valence-electron chi connectivity index (χ2n) is 7.31. The molecule has 1 saturated heterocycles. The van der Waals surface area contributed by atoms with Crippen LogP contribution in [0.4, 0.5) is 15.8 Å². The Morgan fingerprint density at radius 1 is 1.38 bits per heavy atom. The summed E-state index contributed by atoms with van der Waals surface area (Å²) in [6.07, 6.45) is 0.665. The van der Waals surface area contributed by atoms with Crippen LogP contribution in [0.1, 0.15) is 40.0 Å². The molecule has 1 aliphatic heterocycles. The zero-order chi connectivity index (χ0) is 18.0. The average Bonchev–Trinajstić information content (AvgIpc) is 2.46. The first kappa shape index (κ1) is 18.6. The number of aliphatic hydroxyl groups is 1. The molecule has 1 aromatic rings. The van der Waals surface area contributed by atoms with Crippen molar-refractivity contribution in [2.45, 2.75) is 51.2 Å². The van der Waals surface area contributed by atoms with Crippen LogP contribution in [0.5, 0.6) is 0 Å². The molecule has 2 rings (SSSR count). The summed E-state index contributed by atoms with van der Waals surface area (Å²) in [5.41, 5.74) is -0.0194. The molecule has 0 atom stereocenters. The Morgan fingerprint density at radius 2 is 2.00 bits per heavy atom. The molecule has 0 saturated carbocycles. The van der Waals surface area contributed by atoms with Gasteiger partial charge in [0.25, 0.3) is 0 Å². The number of esters is 1. The molecule has 24 heavy (non-hydrogen) atoms. The van der Waals surface area contributed by atoms with Crippen LogP contribution in [0.25, 0.3) is 0 Å².